The van der Waals surface area contributed by atoms with E-state index in [0.717, 1.165) is 49.7 Å². The highest BCUT2D eigenvalue weighted by Crippen LogP contribution is 2.23. The van der Waals surface area contributed by atoms with Gasteiger partial charge < -0.3 is 25.4 Å². The molecular formula is C26H39N6O3S-. The number of hydrogen-bond donors (Lipinski definition) is 3. The van der Waals surface area contributed by atoms with E-state index in [2.05, 4.69) is 63.3 Å². The number of carbonyl (C=O) groups excluding carboxylic acids is 1. The fourth-order valence-corrected chi connectivity index (χ4v) is 3.95. The SMILES string of the molecule is C=C1NC=NC(N2CCN(CCC(=O)Nc3ccc(S(=O)[O-])cc3)CC2)=C1/C=C\C(C)CC.CNC. The van der Waals surface area contributed by atoms with Gasteiger partial charge in [0.1, 0.15) is 5.82 Å². The molecule has 0 saturated carbocycles. The third kappa shape index (κ3) is 9.34. The van der Waals surface area contributed by atoms with Gasteiger partial charge in [-0.25, -0.2) is 4.99 Å². The van der Waals surface area contributed by atoms with Crippen LogP contribution in [0.2, 0.25) is 0 Å². The van der Waals surface area contributed by atoms with E-state index < -0.39 is 11.1 Å². The number of hydrogen-bond acceptors (Lipinski definition) is 8. The number of amides is 1. The zero-order valence-corrected chi connectivity index (χ0v) is 22.6. The number of carbonyl (C=O) groups is 1. The van der Waals surface area contributed by atoms with Crippen LogP contribution in [0.5, 0.6) is 0 Å². The Morgan fingerprint density at radius 3 is 2.47 bits per heavy atom. The molecule has 0 aromatic heterocycles. The summed E-state index contributed by atoms with van der Waals surface area (Å²) in [6.07, 6.45) is 7.47. The number of nitrogens with zero attached hydrogens (tertiary/aromatic N) is 3. The second-order valence-corrected chi connectivity index (χ2v) is 9.69. The molecule has 2 aliphatic rings. The van der Waals surface area contributed by atoms with Gasteiger partial charge in [0.25, 0.3) is 0 Å². The summed E-state index contributed by atoms with van der Waals surface area (Å²) >= 11 is -2.27. The molecule has 1 fully saturated rings. The number of benzene rings is 1. The molecule has 0 aliphatic carbocycles. The zero-order chi connectivity index (χ0) is 26.5. The van der Waals surface area contributed by atoms with E-state index in [9.17, 15) is 13.6 Å². The predicted octanol–water partition coefficient (Wildman–Crippen LogP) is 2.67. The Bertz CT molecular complexity index is 982. The highest BCUT2D eigenvalue weighted by Gasteiger charge is 2.23. The Morgan fingerprint density at radius 1 is 1.25 bits per heavy atom. The monoisotopic (exact) mass is 515 g/mol. The minimum Gasteiger partial charge on any atom is -0.768 e. The number of anilines is 1. The molecule has 3 rings (SSSR count). The summed E-state index contributed by atoms with van der Waals surface area (Å²) in [6.45, 7) is 12.5. The van der Waals surface area contributed by atoms with Crippen LogP contribution in [0, 0.1) is 5.92 Å². The number of allylic oxidation sites excluding steroid dienone is 2. The maximum absolute atomic E-state index is 12.3. The molecule has 3 N–H and O–H groups in total. The lowest BCUT2D eigenvalue weighted by molar-refractivity contribution is -0.116. The molecule has 36 heavy (non-hydrogen) atoms. The van der Waals surface area contributed by atoms with Crippen molar-refractivity contribution in [3.63, 3.8) is 0 Å². The third-order valence-electron chi connectivity index (χ3n) is 5.88. The van der Waals surface area contributed by atoms with Gasteiger partial charge in [-0.3, -0.25) is 13.9 Å². The lowest BCUT2D eigenvalue weighted by Crippen LogP contribution is -2.47. The van der Waals surface area contributed by atoms with E-state index in [4.69, 9.17) is 0 Å². The van der Waals surface area contributed by atoms with Gasteiger partial charge in [-0.2, -0.15) is 0 Å². The van der Waals surface area contributed by atoms with Crippen LogP contribution in [0.4, 0.5) is 5.69 Å². The van der Waals surface area contributed by atoms with Crippen LogP contribution in [0.15, 0.2) is 70.0 Å². The van der Waals surface area contributed by atoms with Crippen molar-refractivity contribution in [3.05, 3.63) is 60.1 Å². The van der Waals surface area contributed by atoms with Crippen molar-refractivity contribution in [1.29, 1.82) is 0 Å². The highest BCUT2D eigenvalue weighted by atomic mass is 32.2. The van der Waals surface area contributed by atoms with Crippen molar-refractivity contribution in [2.45, 2.75) is 31.6 Å². The van der Waals surface area contributed by atoms with Gasteiger partial charge in [0.2, 0.25) is 5.91 Å². The summed E-state index contributed by atoms with van der Waals surface area (Å²) in [5.41, 5.74) is 2.47. The Kier molecular flexibility index (Phi) is 12.6. The molecule has 2 atom stereocenters. The van der Waals surface area contributed by atoms with Crippen molar-refractivity contribution in [3.8, 4) is 0 Å². The van der Waals surface area contributed by atoms with Gasteiger partial charge in [-0.1, -0.05) is 39.0 Å². The number of piperazine rings is 1. The maximum atomic E-state index is 12.3. The normalized spacial score (nSPS) is 17.9. The van der Waals surface area contributed by atoms with E-state index >= 15 is 0 Å². The molecule has 1 aromatic carbocycles. The summed E-state index contributed by atoms with van der Waals surface area (Å²) in [4.78, 5) is 21.6. The average Bonchev–Trinajstić information content (AvgIpc) is 2.87. The fraction of sp³-hybridized carbons (Fsp3) is 0.462. The molecule has 2 aliphatic heterocycles. The zero-order valence-electron chi connectivity index (χ0n) is 21.8. The van der Waals surface area contributed by atoms with E-state index in [0.29, 0.717) is 24.6 Å². The second-order valence-electron chi connectivity index (χ2n) is 8.75. The first kappa shape index (κ1) is 29.4. The van der Waals surface area contributed by atoms with E-state index in [1.807, 2.05) is 14.1 Å². The smallest absolute Gasteiger partial charge is 0.225 e. The maximum Gasteiger partial charge on any atom is 0.225 e. The van der Waals surface area contributed by atoms with E-state index in [1.165, 1.54) is 12.1 Å². The minimum absolute atomic E-state index is 0.0899. The van der Waals surface area contributed by atoms with Crippen molar-refractivity contribution in [2.75, 3.05) is 52.1 Å². The van der Waals surface area contributed by atoms with Crippen LogP contribution < -0.4 is 16.0 Å². The molecule has 9 nitrogen and oxygen atoms in total. The van der Waals surface area contributed by atoms with Gasteiger partial charge in [-0.05, 0) is 55.4 Å². The average molecular weight is 516 g/mol. The Labute approximate surface area is 217 Å². The van der Waals surface area contributed by atoms with E-state index in [1.54, 1.807) is 18.5 Å². The lowest BCUT2D eigenvalue weighted by Gasteiger charge is -2.37. The Morgan fingerprint density at radius 2 is 1.89 bits per heavy atom. The van der Waals surface area contributed by atoms with Crippen molar-refractivity contribution in [2.24, 2.45) is 10.9 Å². The van der Waals surface area contributed by atoms with Crippen LogP contribution in [-0.4, -0.2) is 77.6 Å². The second kappa shape index (κ2) is 15.4. The van der Waals surface area contributed by atoms with E-state index in [-0.39, 0.29) is 10.8 Å². The van der Waals surface area contributed by atoms with Crippen LogP contribution in [0.25, 0.3) is 0 Å². The van der Waals surface area contributed by atoms with Crippen molar-refractivity contribution >= 4 is 29.0 Å². The number of nitrogens with one attached hydrogen (secondary N) is 3. The molecule has 10 heteroatoms. The topological polar surface area (TPSA) is 112 Å². The molecule has 0 spiro atoms. The molecule has 0 bridgehead atoms. The van der Waals surface area contributed by atoms with Crippen molar-refractivity contribution in [1.82, 2.24) is 20.4 Å². The van der Waals surface area contributed by atoms with Crippen LogP contribution in [0.1, 0.15) is 26.7 Å². The molecular weight excluding hydrogens is 476 g/mol. The molecule has 2 heterocycles. The molecule has 2 unspecified atom stereocenters. The number of rotatable bonds is 9. The number of aliphatic imine (C=N–C) groups is 1. The summed E-state index contributed by atoms with van der Waals surface area (Å²) in [5.74, 6) is 1.35. The van der Waals surface area contributed by atoms with Crippen molar-refractivity contribution < 1.29 is 13.6 Å². The third-order valence-corrected chi connectivity index (χ3v) is 6.54. The fourth-order valence-electron chi connectivity index (χ4n) is 3.59. The standard InChI is InChI=1S/C24H33N5O3S.C2H7N/c1-4-18(2)5-10-22-19(3)25-17-26-24(22)29-15-13-28(14-16-29)12-11-23(30)27-20-6-8-21(9-7-20)33(31)32;1-3-2/h5-10,17-18H,3-4,11-16H2,1-2H3,(H,25,26)(H,27,30)(H,31,32);3H,1-2H3/p-1/b10-5-;. The largest absolute Gasteiger partial charge is 0.768 e. The predicted molar refractivity (Wildman–Crippen MR) is 146 cm³/mol. The molecule has 198 valence electrons. The summed E-state index contributed by atoms with van der Waals surface area (Å²) in [7, 11) is 3.75. The quantitative estimate of drug-likeness (QED) is 0.434. The van der Waals surface area contributed by atoms with Crippen LogP contribution in [0.3, 0.4) is 0 Å². The lowest BCUT2D eigenvalue weighted by atomic mass is 10.0. The summed E-state index contributed by atoms with van der Waals surface area (Å²) in [6, 6.07) is 6.13. The van der Waals surface area contributed by atoms with Gasteiger partial charge in [0, 0.05) is 61.0 Å². The molecule has 0 radical (unpaired) electrons. The molecule has 1 amide bonds. The summed E-state index contributed by atoms with van der Waals surface area (Å²) < 4.78 is 21.8. The summed E-state index contributed by atoms with van der Waals surface area (Å²) in [5, 5.41) is 8.67. The van der Waals surface area contributed by atoms with Crippen LogP contribution in [-0.2, 0) is 15.9 Å². The Hall–Kier alpha value is -2.79. The first-order valence-electron chi connectivity index (χ1n) is 12.2. The van der Waals surface area contributed by atoms with Gasteiger partial charge in [0.15, 0.2) is 0 Å². The Balaban J connectivity index is 0.00000145. The first-order chi connectivity index (χ1) is 17.3. The minimum atomic E-state index is -2.27. The molecule has 1 aromatic rings. The molecule has 1 saturated heterocycles. The van der Waals surface area contributed by atoms with Gasteiger partial charge in [0.05, 0.1) is 6.34 Å². The van der Waals surface area contributed by atoms with Gasteiger partial charge in [-0.15, -0.1) is 0 Å². The van der Waals surface area contributed by atoms with Gasteiger partial charge >= 0.3 is 0 Å². The first-order valence-corrected chi connectivity index (χ1v) is 13.3. The van der Waals surface area contributed by atoms with Crippen LogP contribution >= 0.6 is 0 Å². The highest BCUT2D eigenvalue weighted by molar-refractivity contribution is 7.79.